The monoisotopic (exact) mass is 389 g/mol. The van der Waals surface area contributed by atoms with Gasteiger partial charge in [-0.3, -0.25) is 4.79 Å². The molecular weight excluding hydrogens is 366 g/mol. The Hall–Kier alpha value is -0.880. The predicted octanol–water partition coefficient (Wildman–Crippen LogP) is 3.45. The first-order chi connectivity index (χ1) is 10.4. The van der Waals surface area contributed by atoms with Crippen molar-refractivity contribution in [1.29, 1.82) is 0 Å². The Labute approximate surface area is 141 Å². The van der Waals surface area contributed by atoms with Gasteiger partial charge in [-0.05, 0) is 31.0 Å². The highest BCUT2D eigenvalue weighted by Crippen LogP contribution is 2.16. The molecule has 0 aliphatic rings. The van der Waals surface area contributed by atoms with Crippen LogP contribution in [-0.4, -0.2) is 26.1 Å². The van der Waals surface area contributed by atoms with Crippen LogP contribution in [0.2, 0.25) is 0 Å². The normalized spacial score (nSPS) is 12.9. The minimum absolute atomic E-state index is 0.128. The van der Waals surface area contributed by atoms with Gasteiger partial charge in [0.25, 0.3) is 0 Å². The van der Waals surface area contributed by atoms with Crippen molar-refractivity contribution in [3.8, 4) is 0 Å². The first-order valence-corrected chi connectivity index (χ1v) is 10.1. The zero-order chi connectivity index (χ0) is 16.6. The van der Waals surface area contributed by atoms with Crippen LogP contribution in [0.15, 0.2) is 28.7 Å². The van der Waals surface area contributed by atoms with Gasteiger partial charge in [0.15, 0.2) is 9.84 Å². The number of hydrogen-bond donors (Lipinski definition) is 1. The largest absolute Gasteiger partial charge is 0.355 e. The molecule has 0 saturated heterocycles. The van der Waals surface area contributed by atoms with Crippen LogP contribution in [-0.2, 0) is 20.4 Å². The molecule has 0 spiro atoms. The van der Waals surface area contributed by atoms with Crippen molar-refractivity contribution in [2.24, 2.45) is 0 Å². The number of amides is 1. The third-order valence-corrected chi connectivity index (χ3v) is 6.01. The van der Waals surface area contributed by atoms with E-state index >= 15 is 0 Å². The third kappa shape index (κ3) is 6.48. The molecule has 1 aromatic carbocycles. The molecule has 0 saturated carbocycles. The average Bonchev–Trinajstić information content (AvgIpc) is 2.45. The summed E-state index contributed by atoms with van der Waals surface area (Å²) in [6.07, 6.45) is 4.20. The Morgan fingerprint density at radius 1 is 1.27 bits per heavy atom. The van der Waals surface area contributed by atoms with Gasteiger partial charge in [-0.25, -0.2) is 8.42 Å². The minimum Gasteiger partial charge on any atom is -0.355 e. The standard InChI is InChI=1S/C16H24BrNO3S/c1-3-4-5-6-10-18-16(19)13(2)22(20,21)12-14-8-7-9-15(17)11-14/h7-9,11,13H,3-6,10,12H2,1-2H3,(H,18,19)/t13-/m1/s1. The van der Waals surface area contributed by atoms with Gasteiger partial charge in [0, 0.05) is 11.0 Å². The molecule has 1 aromatic rings. The fraction of sp³-hybridized carbons (Fsp3) is 0.562. The lowest BCUT2D eigenvalue weighted by atomic mass is 10.2. The molecule has 0 aromatic heterocycles. The maximum atomic E-state index is 12.3. The lowest BCUT2D eigenvalue weighted by Crippen LogP contribution is -2.38. The molecule has 4 nitrogen and oxygen atoms in total. The number of benzene rings is 1. The number of carbonyl (C=O) groups is 1. The fourth-order valence-electron chi connectivity index (χ4n) is 2.05. The van der Waals surface area contributed by atoms with Crippen molar-refractivity contribution in [1.82, 2.24) is 5.32 Å². The number of carbonyl (C=O) groups excluding carboxylic acids is 1. The number of hydrogen-bond acceptors (Lipinski definition) is 3. The maximum absolute atomic E-state index is 12.3. The summed E-state index contributed by atoms with van der Waals surface area (Å²) in [5.41, 5.74) is 0.678. The highest BCUT2D eigenvalue weighted by Gasteiger charge is 2.27. The first kappa shape index (κ1) is 19.2. The van der Waals surface area contributed by atoms with Crippen LogP contribution < -0.4 is 5.32 Å². The molecule has 22 heavy (non-hydrogen) atoms. The van der Waals surface area contributed by atoms with Crippen LogP contribution in [0.5, 0.6) is 0 Å². The van der Waals surface area contributed by atoms with Gasteiger partial charge in [-0.15, -0.1) is 0 Å². The van der Waals surface area contributed by atoms with E-state index < -0.39 is 21.0 Å². The molecule has 0 radical (unpaired) electrons. The first-order valence-electron chi connectivity index (χ1n) is 7.60. The third-order valence-electron chi connectivity index (χ3n) is 3.49. The molecule has 124 valence electrons. The number of rotatable bonds is 9. The predicted molar refractivity (Wildman–Crippen MR) is 93.4 cm³/mol. The van der Waals surface area contributed by atoms with Gasteiger partial charge in [0.1, 0.15) is 5.25 Å². The van der Waals surface area contributed by atoms with E-state index in [0.29, 0.717) is 12.1 Å². The van der Waals surface area contributed by atoms with Crippen LogP contribution in [0.1, 0.15) is 45.1 Å². The van der Waals surface area contributed by atoms with Crippen molar-refractivity contribution >= 4 is 31.7 Å². The second kappa shape index (κ2) is 9.30. The number of nitrogens with one attached hydrogen (secondary N) is 1. The molecule has 0 heterocycles. The maximum Gasteiger partial charge on any atom is 0.238 e. The Morgan fingerprint density at radius 3 is 2.64 bits per heavy atom. The molecule has 1 atom stereocenters. The zero-order valence-corrected chi connectivity index (χ0v) is 15.5. The average molecular weight is 390 g/mol. The molecule has 1 amide bonds. The summed E-state index contributed by atoms with van der Waals surface area (Å²) < 4.78 is 25.5. The van der Waals surface area contributed by atoms with Crippen molar-refractivity contribution in [3.05, 3.63) is 34.3 Å². The molecule has 0 aliphatic carbocycles. The number of sulfone groups is 1. The molecule has 1 rings (SSSR count). The summed E-state index contributed by atoms with van der Waals surface area (Å²) >= 11 is 3.32. The number of unbranched alkanes of at least 4 members (excludes halogenated alkanes) is 3. The molecule has 0 unspecified atom stereocenters. The highest BCUT2D eigenvalue weighted by atomic mass is 79.9. The molecule has 0 aliphatic heterocycles. The molecule has 0 fully saturated rings. The van der Waals surface area contributed by atoms with Gasteiger partial charge in [-0.1, -0.05) is 54.2 Å². The topological polar surface area (TPSA) is 63.2 Å². The van der Waals surface area contributed by atoms with Gasteiger partial charge in [-0.2, -0.15) is 0 Å². The second-order valence-corrected chi connectivity index (χ2v) is 8.67. The fourth-order valence-corrected chi connectivity index (χ4v) is 3.80. The Kier molecular flexibility index (Phi) is 8.10. The summed E-state index contributed by atoms with van der Waals surface area (Å²) in [5, 5.41) is 1.69. The van der Waals surface area contributed by atoms with E-state index in [9.17, 15) is 13.2 Å². The van der Waals surface area contributed by atoms with E-state index in [4.69, 9.17) is 0 Å². The van der Waals surface area contributed by atoms with E-state index in [2.05, 4.69) is 28.2 Å². The molecule has 6 heteroatoms. The van der Waals surface area contributed by atoms with Crippen molar-refractivity contribution in [3.63, 3.8) is 0 Å². The van der Waals surface area contributed by atoms with Gasteiger partial charge < -0.3 is 5.32 Å². The summed E-state index contributed by atoms with van der Waals surface area (Å²) in [5.74, 6) is -0.539. The van der Waals surface area contributed by atoms with Crippen molar-refractivity contribution in [2.45, 2.75) is 50.5 Å². The van der Waals surface area contributed by atoms with Crippen molar-refractivity contribution < 1.29 is 13.2 Å². The quantitative estimate of drug-likeness (QED) is 0.657. The smallest absolute Gasteiger partial charge is 0.238 e. The molecule has 0 bridgehead atoms. The van der Waals surface area contributed by atoms with E-state index in [1.54, 1.807) is 18.2 Å². The van der Waals surface area contributed by atoms with Crippen LogP contribution in [0, 0.1) is 0 Å². The van der Waals surface area contributed by atoms with Gasteiger partial charge in [0.05, 0.1) is 5.75 Å². The van der Waals surface area contributed by atoms with Crippen LogP contribution in [0.3, 0.4) is 0 Å². The van der Waals surface area contributed by atoms with Gasteiger partial charge in [0.2, 0.25) is 5.91 Å². The van der Waals surface area contributed by atoms with E-state index in [1.807, 2.05) is 6.07 Å². The summed E-state index contributed by atoms with van der Waals surface area (Å²) in [6, 6.07) is 7.13. The van der Waals surface area contributed by atoms with Gasteiger partial charge >= 0.3 is 0 Å². The van der Waals surface area contributed by atoms with E-state index in [1.165, 1.54) is 6.92 Å². The van der Waals surface area contributed by atoms with Crippen LogP contribution in [0.25, 0.3) is 0 Å². The molecular formula is C16H24BrNO3S. The Balaban J connectivity index is 2.54. The van der Waals surface area contributed by atoms with Crippen molar-refractivity contribution in [2.75, 3.05) is 6.54 Å². The summed E-state index contributed by atoms with van der Waals surface area (Å²) in [7, 11) is -3.51. The lowest BCUT2D eigenvalue weighted by Gasteiger charge is -2.13. The Bertz CT molecular complexity index is 587. The van der Waals surface area contributed by atoms with E-state index in [-0.39, 0.29) is 5.75 Å². The summed E-state index contributed by atoms with van der Waals surface area (Å²) in [4.78, 5) is 12.0. The summed E-state index contributed by atoms with van der Waals surface area (Å²) in [6.45, 7) is 4.11. The lowest BCUT2D eigenvalue weighted by molar-refractivity contribution is -0.120. The highest BCUT2D eigenvalue weighted by molar-refractivity contribution is 9.10. The van der Waals surface area contributed by atoms with Crippen LogP contribution >= 0.6 is 15.9 Å². The van der Waals surface area contributed by atoms with Crippen LogP contribution in [0.4, 0.5) is 0 Å². The zero-order valence-electron chi connectivity index (χ0n) is 13.1. The SMILES string of the molecule is CCCCCCNC(=O)[C@@H](C)S(=O)(=O)Cc1cccc(Br)c1. The number of halogens is 1. The second-order valence-electron chi connectivity index (χ2n) is 5.43. The minimum atomic E-state index is -3.51. The van der Waals surface area contributed by atoms with E-state index in [0.717, 1.165) is 30.2 Å². The molecule has 1 N–H and O–H groups in total. The Morgan fingerprint density at radius 2 is 2.00 bits per heavy atom.